The summed E-state index contributed by atoms with van der Waals surface area (Å²) in [4.78, 5) is 14.3. The van der Waals surface area contributed by atoms with E-state index in [1.807, 2.05) is 18.3 Å². The number of aromatic nitrogens is 1. The SMILES string of the molecule is C[C@H](N)C(=O)Oc1ccc2[nH]ccc2c1. The maximum Gasteiger partial charge on any atom is 0.328 e. The standard InChI is InChI=1S/C11H12N2O2/c1-7(12)11(14)15-9-2-3-10-8(6-9)4-5-13-10/h2-7,13H,12H2,1H3/t7-/m0/s1. The molecule has 3 N–H and O–H groups in total. The average Bonchev–Trinajstić information content (AvgIpc) is 2.64. The van der Waals surface area contributed by atoms with Crippen LogP contribution in [0.2, 0.25) is 0 Å². The van der Waals surface area contributed by atoms with Crippen molar-refractivity contribution >= 4 is 16.9 Å². The van der Waals surface area contributed by atoms with Gasteiger partial charge in [-0.3, -0.25) is 0 Å². The van der Waals surface area contributed by atoms with Crippen LogP contribution in [-0.4, -0.2) is 17.0 Å². The molecule has 1 heterocycles. The molecule has 0 saturated heterocycles. The zero-order valence-electron chi connectivity index (χ0n) is 8.36. The van der Waals surface area contributed by atoms with Crippen LogP contribution in [0.1, 0.15) is 6.92 Å². The number of nitrogens with one attached hydrogen (secondary N) is 1. The van der Waals surface area contributed by atoms with Gasteiger partial charge >= 0.3 is 5.97 Å². The lowest BCUT2D eigenvalue weighted by Gasteiger charge is -2.06. The van der Waals surface area contributed by atoms with Crippen LogP contribution in [0.4, 0.5) is 0 Å². The first-order valence-electron chi connectivity index (χ1n) is 4.71. The highest BCUT2D eigenvalue weighted by Gasteiger charge is 2.10. The molecule has 0 saturated carbocycles. The van der Waals surface area contributed by atoms with Gasteiger partial charge in [0.1, 0.15) is 11.8 Å². The lowest BCUT2D eigenvalue weighted by molar-refractivity contribution is -0.135. The first-order valence-corrected chi connectivity index (χ1v) is 4.71. The van der Waals surface area contributed by atoms with Crippen LogP contribution in [0.25, 0.3) is 10.9 Å². The van der Waals surface area contributed by atoms with Gasteiger partial charge in [0, 0.05) is 17.1 Å². The van der Waals surface area contributed by atoms with Gasteiger partial charge in [-0.05, 0) is 31.2 Å². The number of benzene rings is 1. The van der Waals surface area contributed by atoms with Crippen molar-refractivity contribution < 1.29 is 9.53 Å². The Morgan fingerprint density at radius 3 is 3.00 bits per heavy atom. The average molecular weight is 204 g/mol. The Morgan fingerprint density at radius 1 is 1.47 bits per heavy atom. The number of aromatic amines is 1. The smallest absolute Gasteiger partial charge is 0.328 e. The zero-order valence-corrected chi connectivity index (χ0v) is 8.36. The van der Waals surface area contributed by atoms with E-state index >= 15 is 0 Å². The predicted octanol–water partition coefficient (Wildman–Crippen LogP) is 1.42. The molecule has 1 atom stereocenters. The minimum atomic E-state index is -0.605. The molecular weight excluding hydrogens is 192 g/mol. The number of rotatable bonds is 2. The van der Waals surface area contributed by atoms with E-state index in [2.05, 4.69) is 4.98 Å². The van der Waals surface area contributed by atoms with Crippen LogP contribution < -0.4 is 10.5 Å². The number of carbonyl (C=O) groups is 1. The van der Waals surface area contributed by atoms with E-state index in [9.17, 15) is 4.79 Å². The summed E-state index contributed by atoms with van der Waals surface area (Å²) in [6.07, 6.45) is 1.84. The molecular formula is C11H12N2O2. The molecule has 0 fully saturated rings. The first-order chi connectivity index (χ1) is 7.16. The Morgan fingerprint density at radius 2 is 2.27 bits per heavy atom. The molecule has 2 rings (SSSR count). The molecule has 4 heteroatoms. The predicted molar refractivity (Wildman–Crippen MR) is 57.6 cm³/mol. The lowest BCUT2D eigenvalue weighted by atomic mass is 10.2. The van der Waals surface area contributed by atoms with Gasteiger partial charge in [0.2, 0.25) is 0 Å². The number of esters is 1. The minimum Gasteiger partial charge on any atom is -0.425 e. The van der Waals surface area contributed by atoms with E-state index in [-0.39, 0.29) is 0 Å². The maximum absolute atomic E-state index is 11.2. The Balaban J connectivity index is 2.25. The largest absolute Gasteiger partial charge is 0.425 e. The molecule has 0 spiro atoms. The lowest BCUT2D eigenvalue weighted by Crippen LogP contribution is -2.30. The highest BCUT2D eigenvalue weighted by Crippen LogP contribution is 2.19. The number of carbonyl (C=O) groups excluding carboxylic acids is 1. The summed E-state index contributed by atoms with van der Waals surface area (Å²) in [5.74, 6) is 0.0919. The Labute approximate surface area is 87.0 Å². The molecule has 78 valence electrons. The van der Waals surface area contributed by atoms with E-state index in [0.29, 0.717) is 5.75 Å². The molecule has 4 nitrogen and oxygen atoms in total. The number of fused-ring (bicyclic) bond motifs is 1. The van der Waals surface area contributed by atoms with Gasteiger partial charge in [-0.15, -0.1) is 0 Å². The number of hydrogen-bond acceptors (Lipinski definition) is 3. The number of ether oxygens (including phenoxy) is 1. The quantitative estimate of drug-likeness (QED) is 0.574. The van der Waals surface area contributed by atoms with Crippen LogP contribution in [0, 0.1) is 0 Å². The fourth-order valence-electron chi connectivity index (χ4n) is 1.30. The van der Waals surface area contributed by atoms with E-state index in [4.69, 9.17) is 10.5 Å². The Bertz CT molecular complexity index is 488. The molecule has 0 bridgehead atoms. The highest BCUT2D eigenvalue weighted by molar-refractivity contribution is 5.83. The topological polar surface area (TPSA) is 68.1 Å². The van der Waals surface area contributed by atoms with Crippen LogP contribution in [0.5, 0.6) is 5.75 Å². The summed E-state index contributed by atoms with van der Waals surface area (Å²) < 4.78 is 5.08. The molecule has 0 amide bonds. The summed E-state index contributed by atoms with van der Waals surface area (Å²) in [6, 6.07) is 6.70. The van der Waals surface area contributed by atoms with Crippen molar-refractivity contribution in [1.82, 2.24) is 4.98 Å². The van der Waals surface area contributed by atoms with Gasteiger partial charge in [0.15, 0.2) is 0 Å². The third kappa shape index (κ3) is 1.99. The summed E-state index contributed by atoms with van der Waals surface area (Å²) in [5.41, 5.74) is 6.41. The Hall–Kier alpha value is -1.81. The molecule has 1 aromatic heterocycles. The molecule has 0 aliphatic carbocycles. The normalized spacial score (nSPS) is 12.7. The third-order valence-electron chi connectivity index (χ3n) is 2.11. The van der Waals surface area contributed by atoms with Crippen molar-refractivity contribution in [2.75, 3.05) is 0 Å². The molecule has 15 heavy (non-hydrogen) atoms. The Kier molecular flexibility index (Phi) is 2.43. The maximum atomic E-state index is 11.2. The van der Waals surface area contributed by atoms with Gasteiger partial charge in [0.05, 0.1) is 0 Å². The van der Waals surface area contributed by atoms with Crippen molar-refractivity contribution in [2.45, 2.75) is 13.0 Å². The summed E-state index contributed by atoms with van der Waals surface area (Å²) >= 11 is 0. The molecule has 0 unspecified atom stereocenters. The van der Waals surface area contributed by atoms with E-state index in [1.54, 1.807) is 19.1 Å². The van der Waals surface area contributed by atoms with Crippen LogP contribution in [-0.2, 0) is 4.79 Å². The monoisotopic (exact) mass is 204 g/mol. The van der Waals surface area contributed by atoms with Gasteiger partial charge in [-0.25, -0.2) is 4.79 Å². The summed E-state index contributed by atoms with van der Waals surface area (Å²) in [7, 11) is 0. The second-order valence-corrected chi connectivity index (χ2v) is 3.44. The summed E-state index contributed by atoms with van der Waals surface area (Å²) in [5, 5.41) is 1.00. The number of H-pyrrole nitrogens is 1. The zero-order chi connectivity index (χ0) is 10.8. The molecule has 2 aromatic rings. The molecule has 0 radical (unpaired) electrons. The van der Waals surface area contributed by atoms with Crippen LogP contribution >= 0.6 is 0 Å². The van der Waals surface area contributed by atoms with E-state index in [1.165, 1.54) is 0 Å². The van der Waals surface area contributed by atoms with Gasteiger partial charge in [-0.2, -0.15) is 0 Å². The van der Waals surface area contributed by atoms with Crippen LogP contribution in [0.15, 0.2) is 30.5 Å². The fourth-order valence-corrected chi connectivity index (χ4v) is 1.30. The van der Waals surface area contributed by atoms with Crippen molar-refractivity contribution in [3.8, 4) is 5.75 Å². The van der Waals surface area contributed by atoms with Crippen molar-refractivity contribution in [1.29, 1.82) is 0 Å². The fraction of sp³-hybridized carbons (Fsp3) is 0.182. The number of hydrogen-bond donors (Lipinski definition) is 2. The molecule has 0 aliphatic rings. The molecule has 0 aliphatic heterocycles. The van der Waals surface area contributed by atoms with Crippen molar-refractivity contribution in [3.63, 3.8) is 0 Å². The van der Waals surface area contributed by atoms with Crippen molar-refractivity contribution in [3.05, 3.63) is 30.5 Å². The van der Waals surface area contributed by atoms with Gasteiger partial charge in [0.25, 0.3) is 0 Å². The van der Waals surface area contributed by atoms with E-state index in [0.717, 1.165) is 10.9 Å². The molecule has 1 aromatic carbocycles. The number of nitrogens with two attached hydrogens (primary N) is 1. The summed E-state index contributed by atoms with van der Waals surface area (Å²) in [6.45, 7) is 1.59. The minimum absolute atomic E-state index is 0.426. The van der Waals surface area contributed by atoms with E-state index < -0.39 is 12.0 Å². The van der Waals surface area contributed by atoms with Crippen molar-refractivity contribution in [2.24, 2.45) is 5.73 Å². The first kappa shape index (κ1) is 9.73. The second-order valence-electron chi connectivity index (χ2n) is 3.44. The van der Waals surface area contributed by atoms with Crippen LogP contribution in [0.3, 0.4) is 0 Å². The second kappa shape index (κ2) is 3.74. The third-order valence-corrected chi connectivity index (χ3v) is 2.11. The van der Waals surface area contributed by atoms with Gasteiger partial charge < -0.3 is 15.5 Å². The van der Waals surface area contributed by atoms with Gasteiger partial charge in [-0.1, -0.05) is 0 Å². The highest BCUT2D eigenvalue weighted by atomic mass is 16.5.